The molecule has 0 saturated carbocycles. The number of nitrogens with zero attached hydrogens (tertiary/aromatic N) is 1. The monoisotopic (exact) mass is 224 g/mol. The van der Waals surface area contributed by atoms with E-state index in [9.17, 15) is 0 Å². The lowest BCUT2D eigenvalue weighted by Crippen LogP contribution is -1.82. The molecule has 0 aliphatic heterocycles. The summed E-state index contributed by atoms with van der Waals surface area (Å²) < 4.78 is 5.15. The second-order valence-corrected chi connectivity index (χ2v) is 3.86. The first-order valence-electron chi connectivity index (χ1n) is 5.44. The van der Waals surface area contributed by atoms with Crippen molar-refractivity contribution in [2.24, 2.45) is 0 Å². The lowest BCUT2D eigenvalue weighted by Gasteiger charge is -2.03. The number of H-pyrrole nitrogens is 1. The molecule has 0 aliphatic carbocycles. The van der Waals surface area contributed by atoms with E-state index in [-0.39, 0.29) is 0 Å². The highest BCUT2D eigenvalue weighted by atomic mass is 16.5. The van der Waals surface area contributed by atoms with Crippen LogP contribution in [0, 0.1) is 0 Å². The number of rotatable bonds is 2. The predicted molar refractivity (Wildman–Crippen MR) is 68.1 cm³/mol. The van der Waals surface area contributed by atoms with E-state index in [2.05, 4.69) is 34.2 Å². The summed E-state index contributed by atoms with van der Waals surface area (Å²) in [6, 6.07) is 14.2. The van der Waals surface area contributed by atoms with Gasteiger partial charge >= 0.3 is 0 Å². The molecule has 1 N–H and O–H groups in total. The van der Waals surface area contributed by atoms with Crippen LogP contribution >= 0.6 is 0 Å². The third-order valence-electron chi connectivity index (χ3n) is 2.84. The number of aromatic amines is 1. The van der Waals surface area contributed by atoms with Crippen molar-refractivity contribution in [2.75, 3.05) is 7.11 Å². The number of nitrogens with one attached hydrogen (secondary N) is 1. The van der Waals surface area contributed by atoms with Crippen LogP contribution in [0.1, 0.15) is 0 Å². The topological polar surface area (TPSA) is 37.9 Å². The molecule has 0 aliphatic rings. The Kier molecular flexibility index (Phi) is 2.29. The average molecular weight is 224 g/mol. The molecule has 0 amide bonds. The van der Waals surface area contributed by atoms with Gasteiger partial charge in [-0.2, -0.15) is 0 Å². The number of ether oxygens (including phenoxy) is 1. The van der Waals surface area contributed by atoms with Crippen LogP contribution in [0.2, 0.25) is 0 Å². The van der Waals surface area contributed by atoms with Gasteiger partial charge in [0.25, 0.3) is 0 Å². The molecule has 0 bridgehead atoms. The van der Waals surface area contributed by atoms with Crippen molar-refractivity contribution in [3.63, 3.8) is 0 Å². The Morgan fingerprint density at radius 2 is 1.76 bits per heavy atom. The zero-order valence-corrected chi connectivity index (χ0v) is 9.47. The van der Waals surface area contributed by atoms with Gasteiger partial charge in [-0.15, -0.1) is 0 Å². The van der Waals surface area contributed by atoms with E-state index in [0.29, 0.717) is 0 Å². The summed E-state index contributed by atoms with van der Waals surface area (Å²) in [6.45, 7) is 0. The van der Waals surface area contributed by atoms with E-state index in [0.717, 1.165) is 16.8 Å². The van der Waals surface area contributed by atoms with Crippen LogP contribution < -0.4 is 4.74 Å². The van der Waals surface area contributed by atoms with Gasteiger partial charge in [0.2, 0.25) is 0 Å². The zero-order chi connectivity index (χ0) is 11.7. The number of methoxy groups -OCH3 is 1. The summed E-state index contributed by atoms with van der Waals surface area (Å²) in [7, 11) is 1.67. The minimum Gasteiger partial charge on any atom is -0.497 e. The average Bonchev–Trinajstić information content (AvgIpc) is 2.86. The molecule has 0 unspecified atom stereocenters. The van der Waals surface area contributed by atoms with Gasteiger partial charge in [-0.05, 0) is 35.4 Å². The summed E-state index contributed by atoms with van der Waals surface area (Å²) in [5.74, 6) is 0.872. The first kappa shape index (κ1) is 9.90. The SMILES string of the molecule is COc1ccc(-c2ccc3nc[nH]c3c2)cc1. The van der Waals surface area contributed by atoms with Gasteiger partial charge in [-0.25, -0.2) is 4.98 Å². The molecule has 0 radical (unpaired) electrons. The van der Waals surface area contributed by atoms with Crippen LogP contribution in [-0.2, 0) is 0 Å². The van der Waals surface area contributed by atoms with Crippen LogP contribution in [0.5, 0.6) is 5.75 Å². The summed E-state index contributed by atoms with van der Waals surface area (Å²) >= 11 is 0. The molecule has 0 fully saturated rings. The van der Waals surface area contributed by atoms with Crippen LogP contribution in [0.4, 0.5) is 0 Å². The zero-order valence-electron chi connectivity index (χ0n) is 9.47. The summed E-state index contributed by atoms with van der Waals surface area (Å²) in [6.07, 6.45) is 1.71. The normalized spacial score (nSPS) is 10.6. The number of fused-ring (bicyclic) bond motifs is 1. The van der Waals surface area contributed by atoms with Crippen LogP contribution in [0.3, 0.4) is 0 Å². The Balaban J connectivity index is 2.06. The maximum atomic E-state index is 5.15. The molecule has 17 heavy (non-hydrogen) atoms. The lowest BCUT2D eigenvalue weighted by atomic mass is 10.1. The van der Waals surface area contributed by atoms with E-state index < -0.39 is 0 Å². The summed E-state index contributed by atoms with van der Waals surface area (Å²) in [5.41, 5.74) is 4.38. The molecule has 3 nitrogen and oxygen atoms in total. The Labute approximate surface area is 99.1 Å². The molecule has 0 saturated heterocycles. The van der Waals surface area contributed by atoms with E-state index >= 15 is 0 Å². The fraction of sp³-hybridized carbons (Fsp3) is 0.0714. The standard InChI is InChI=1S/C14H12N2O/c1-17-12-5-2-10(3-6-12)11-4-7-13-14(8-11)16-9-15-13/h2-9H,1H3,(H,15,16). The molecule has 1 aromatic heterocycles. The van der Waals surface area contributed by atoms with Gasteiger partial charge in [-0.3, -0.25) is 0 Å². The Morgan fingerprint density at radius 1 is 1.00 bits per heavy atom. The smallest absolute Gasteiger partial charge is 0.118 e. The third kappa shape index (κ3) is 1.76. The van der Waals surface area contributed by atoms with E-state index in [1.165, 1.54) is 11.1 Å². The molecule has 1 heterocycles. The van der Waals surface area contributed by atoms with Crippen molar-refractivity contribution < 1.29 is 4.74 Å². The molecular formula is C14H12N2O. The predicted octanol–water partition coefficient (Wildman–Crippen LogP) is 3.24. The van der Waals surface area contributed by atoms with E-state index in [1.54, 1.807) is 13.4 Å². The second-order valence-electron chi connectivity index (χ2n) is 3.86. The largest absolute Gasteiger partial charge is 0.497 e. The number of imidazole rings is 1. The van der Waals surface area contributed by atoms with Crippen molar-refractivity contribution in [3.05, 3.63) is 48.8 Å². The van der Waals surface area contributed by atoms with Crippen molar-refractivity contribution in [1.29, 1.82) is 0 Å². The number of aromatic nitrogens is 2. The minimum absolute atomic E-state index is 0.872. The van der Waals surface area contributed by atoms with Crippen molar-refractivity contribution in [3.8, 4) is 16.9 Å². The quantitative estimate of drug-likeness (QED) is 0.725. The molecular weight excluding hydrogens is 212 g/mol. The Hall–Kier alpha value is -2.29. The van der Waals surface area contributed by atoms with Gasteiger partial charge < -0.3 is 9.72 Å². The van der Waals surface area contributed by atoms with Gasteiger partial charge in [-0.1, -0.05) is 18.2 Å². The van der Waals surface area contributed by atoms with Gasteiger partial charge in [0.15, 0.2) is 0 Å². The Bertz CT molecular complexity index is 641. The van der Waals surface area contributed by atoms with Crippen LogP contribution in [0.25, 0.3) is 22.2 Å². The van der Waals surface area contributed by atoms with E-state index in [4.69, 9.17) is 4.74 Å². The first-order chi connectivity index (χ1) is 8.36. The number of benzene rings is 2. The van der Waals surface area contributed by atoms with Crippen LogP contribution in [0.15, 0.2) is 48.8 Å². The fourth-order valence-corrected chi connectivity index (χ4v) is 1.90. The highest BCUT2D eigenvalue weighted by molar-refractivity contribution is 5.81. The minimum atomic E-state index is 0.872. The number of hydrogen-bond acceptors (Lipinski definition) is 2. The van der Waals surface area contributed by atoms with Crippen molar-refractivity contribution in [1.82, 2.24) is 9.97 Å². The molecule has 84 valence electrons. The summed E-state index contributed by atoms with van der Waals surface area (Å²) in [5, 5.41) is 0. The van der Waals surface area contributed by atoms with Gasteiger partial charge in [0, 0.05) is 0 Å². The summed E-state index contributed by atoms with van der Waals surface area (Å²) in [4.78, 5) is 7.32. The van der Waals surface area contributed by atoms with E-state index in [1.807, 2.05) is 18.2 Å². The third-order valence-corrected chi connectivity index (χ3v) is 2.84. The van der Waals surface area contributed by atoms with Gasteiger partial charge in [0.1, 0.15) is 5.75 Å². The highest BCUT2D eigenvalue weighted by Crippen LogP contribution is 2.24. The van der Waals surface area contributed by atoms with Crippen molar-refractivity contribution in [2.45, 2.75) is 0 Å². The molecule has 2 aromatic carbocycles. The van der Waals surface area contributed by atoms with Gasteiger partial charge in [0.05, 0.1) is 24.5 Å². The Morgan fingerprint density at radius 3 is 2.53 bits per heavy atom. The molecule has 3 heteroatoms. The highest BCUT2D eigenvalue weighted by Gasteiger charge is 2.01. The maximum absolute atomic E-state index is 5.15. The molecule has 3 aromatic rings. The molecule has 0 atom stereocenters. The second kappa shape index (κ2) is 3.94. The maximum Gasteiger partial charge on any atom is 0.118 e. The fourth-order valence-electron chi connectivity index (χ4n) is 1.90. The first-order valence-corrected chi connectivity index (χ1v) is 5.44. The molecule has 3 rings (SSSR count). The number of hydrogen-bond donors (Lipinski definition) is 1. The van der Waals surface area contributed by atoms with Crippen LogP contribution in [-0.4, -0.2) is 17.1 Å². The molecule has 0 spiro atoms. The van der Waals surface area contributed by atoms with Crippen molar-refractivity contribution >= 4 is 11.0 Å². The lowest BCUT2D eigenvalue weighted by molar-refractivity contribution is 0.415.